The van der Waals surface area contributed by atoms with Gasteiger partial charge < -0.3 is 19.5 Å². The van der Waals surface area contributed by atoms with Crippen molar-refractivity contribution in [3.8, 4) is 11.5 Å². The molecule has 2 heterocycles. The predicted molar refractivity (Wildman–Crippen MR) is 106 cm³/mol. The number of benzene rings is 2. The summed E-state index contributed by atoms with van der Waals surface area (Å²) in [7, 11) is 0. The van der Waals surface area contributed by atoms with E-state index in [0.717, 1.165) is 31.6 Å². The van der Waals surface area contributed by atoms with Gasteiger partial charge in [-0.2, -0.15) is 0 Å². The number of carbonyl (C=O) groups excluding carboxylic acids is 1. The van der Waals surface area contributed by atoms with Crippen molar-refractivity contribution in [3.05, 3.63) is 54.1 Å². The fourth-order valence-electron chi connectivity index (χ4n) is 3.60. The third-order valence-electron chi connectivity index (χ3n) is 5.37. The summed E-state index contributed by atoms with van der Waals surface area (Å²) in [6.07, 6.45) is 2.13. The van der Waals surface area contributed by atoms with Crippen molar-refractivity contribution in [3.63, 3.8) is 0 Å². The summed E-state index contributed by atoms with van der Waals surface area (Å²) in [5.41, 5.74) is 1.92. The summed E-state index contributed by atoms with van der Waals surface area (Å²) < 4.78 is 16.7. The SMILES string of the molecule is CC(C(=O)Nc1ccc2c(c1)OCO2)N1CCC(OCc2ccccc2)CC1. The van der Waals surface area contributed by atoms with Gasteiger partial charge in [-0.15, -0.1) is 0 Å². The molecule has 1 atom stereocenters. The van der Waals surface area contributed by atoms with E-state index in [0.29, 0.717) is 18.1 Å². The van der Waals surface area contributed by atoms with E-state index in [1.807, 2.05) is 37.3 Å². The van der Waals surface area contributed by atoms with Gasteiger partial charge in [0, 0.05) is 24.8 Å². The van der Waals surface area contributed by atoms with Gasteiger partial charge in [-0.1, -0.05) is 30.3 Å². The third kappa shape index (κ3) is 4.46. The first-order valence-corrected chi connectivity index (χ1v) is 9.79. The van der Waals surface area contributed by atoms with Crippen molar-refractivity contribution in [1.82, 2.24) is 4.90 Å². The fraction of sp³-hybridized carbons (Fsp3) is 0.409. The number of fused-ring (bicyclic) bond motifs is 1. The maximum atomic E-state index is 12.6. The Hall–Kier alpha value is -2.57. The zero-order valence-corrected chi connectivity index (χ0v) is 16.1. The van der Waals surface area contributed by atoms with Crippen LogP contribution in [-0.4, -0.2) is 42.8 Å². The summed E-state index contributed by atoms with van der Waals surface area (Å²) >= 11 is 0. The summed E-state index contributed by atoms with van der Waals surface area (Å²) in [6, 6.07) is 15.5. The molecule has 2 aromatic carbocycles. The number of nitrogens with one attached hydrogen (secondary N) is 1. The second kappa shape index (κ2) is 8.63. The molecule has 4 rings (SSSR count). The minimum Gasteiger partial charge on any atom is -0.454 e. The monoisotopic (exact) mass is 382 g/mol. The fourth-order valence-corrected chi connectivity index (χ4v) is 3.60. The van der Waals surface area contributed by atoms with Gasteiger partial charge in [-0.25, -0.2) is 0 Å². The van der Waals surface area contributed by atoms with Crippen LogP contribution in [0.15, 0.2) is 48.5 Å². The van der Waals surface area contributed by atoms with Crippen molar-refractivity contribution in [1.29, 1.82) is 0 Å². The van der Waals surface area contributed by atoms with Gasteiger partial charge in [-0.3, -0.25) is 9.69 Å². The van der Waals surface area contributed by atoms with Gasteiger partial charge in [0.1, 0.15) is 0 Å². The Morgan fingerprint density at radius 1 is 1.14 bits per heavy atom. The number of ether oxygens (including phenoxy) is 3. The van der Waals surface area contributed by atoms with E-state index in [9.17, 15) is 4.79 Å². The summed E-state index contributed by atoms with van der Waals surface area (Å²) in [4.78, 5) is 14.9. The summed E-state index contributed by atoms with van der Waals surface area (Å²) in [6.45, 7) is 4.54. The van der Waals surface area contributed by atoms with Gasteiger partial charge in [0.25, 0.3) is 0 Å². The molecule has 2 aliphatic heterocycles. The number of carbonyl (C=O) groups is 1. The molecule has 6 heteroatoms. The van der Waals surface area contributed by atoms with Crippen LogP contribution in [0.1, 0.15) is 25.3 Å². The van der Waals surface area contributed by atoms with Gasteiger partial charge >= 0.3 is 0 Å². The Labute approximate surface area is 165 Å². The molecule has 1 fully saturated rings. The standard InChI is InChI=1S/C22H26N2O4/c1-16(22(25)23-18-7-8-20-21(13-18)28-15-27-20)24-11-9-19(10-12-24)26-14-17-5-3-2-4-6-17/h2-8,13,16,19H,9-12,14-15H2,1H3,(H,23,25). The normalized spacial score (nSPS) is 18.0. The number of rotatable bonds is 6. The number of likely N-dealkylation sites (tertiary alicyclic amines) is 1. The average molecular weight is 382 g/mol. The Bertz CT molecular complexity index is 803. The second-order valence-corrected chi connectivity index (χ2v) is 7.27. The molecule has 0 radical (unpaired) electrons. The van der Waals surface area contributed by atoms with Crippen LogP contribution in [0.4, 0.5) is 5.69 Å². The first-order valence-electron chi connectivity index (χ1n) is 9.79. The number of hydrogen-bond donors (Lipinski definition) is 1. The van der Waals surface area contributed by atoms with Crippen LogP contribution in [-0.2, 0) is 16.1 Å². The number of piperidine rings is 1. The van der Waals surface area contributed by atoms with Crippen LogP contribution in [0.5, 0.6) is 11.5 Å². The molecule has 0 aliphatic carbocycles. The minimum atomic E-state index is -0.194. The highest BCUT2D eigenvalue weighted by atomic mass is 16.7. The van der Waals surface area contributed by atoms with Crippen LogP contribution >= 0.6 is 0 Å². The van der Waals surface area contributed by atoms with Gasteiger partial charge in [-0.05, 0) is 37.5 Å². The lowest BCUT2D eigenvalue weighted by Gasteiger charge is -2.35. The summed E-state index contributed by atoms with van der Waals surface area (Å²) in [5, 5.41) is 2.98. The molecule has 2 aliphatic rings. The highest BCUT2D eigenvalue weighted by Crippen LogP contribution is 2.34. The molecule has 1 N–H and O–H groups in total. The quantitative estimate of drug-likeness (QED) is 0.830. The maximum absolute atomic E-state index is 12.6. The lowest BCUT2D eigenvalue weighted by atomic mass is 10.1. The van der Waals surface area contributed by atoms with Crippen LogP contribution in [0.25, 0.3) is 0 Å². The molecule has 0 aromatic heterocycles. The number of anilines is 1. The average Bonchev–Trinajstić information content (AvgIpc) is 3.21. The van der Waals surface area contributed by atoms with Crippen LogP contribution in [0, 0.1) is 0 Å². The van der Waals surface area contributed by atoms with Crippen molar-refractivity contribution < 1.29 is 19.0 Å². The maximum Gasteiger partial charge on any atom is 0.241 e. The van der Waals surface area contributed by atoms with E-state index >= 15 is 0 Å². The van der Waals surface area contributed by atoms with Crippen LogP contribution < -0.4 is 14.8 Å². The van der Waals surface area contributed by atoms with Crippen LogP contribution in [0.3, 0.4) is 0 Å². The Kier molecular flexibility index (Phi) is 5.78. The topological polar surface area (TPSA) is 60.0 Å². The molecular formula is C22H26N2O4. The predicted octanol–water partition coefficient (Wildman–Crippen LogP) is 3.42. The van der Waals surface area contributed by atoms with Crippen molar-refractivity contribution >= 4 is 11.6 Å². The van der Waals surface area contributed by atoms with Gasteiger partial charge in [0.2, 0.25) is 12.7 Å². The molecular weight excluding hydrogens is 356 g/mol. The highest BCUT2D eigenvalue weighted by molar-refractivity contribution is 5.94. The molecule has 1 amide bonds. The second-order valence-electron chi connectivity index (χ2n) is 7.27. The van der Waals surface area contributed by atoms with Crippen molar-refractivity contribution in [2.75, 3.05) is 25.2 Å². The highest BCUT2D eigenvalue weighted by Gasteiger charge is 2.27. The smallest absolute Gasteiger partial charge is 0.241 e. The number of hydrogen-bond acceptors (Lipinski definition) is 5. The first-order chi connectivity index (χ1) is 13.7. The minimum absolute atomic E-state index is 0.0116. The van der Waals surface area contributed by atoms with E-state index in [2.05, 4.69) is 22.3 Å². The molecule has 0 bridgehead atoms. The van der Waals surface area contributed by atoms with Gasteiger partial charge in [0.15, 0.2) is 11.5 Å². The lowest BCUT2D eigenvalue weighted by molar-refractivity contribution is -0.122. The number of nitrogens with zero attached hydrogens (tertiary/aromatic N) is 1. The Balaban J connectivity index is 1.24. The van der Waals surface area contributed by atoms with E-state index in [1.54, 1.807) is 6.07 Å². The molecule has 0 saturated carbocycles. The molecule has 0 spiro atoms. The molecule has 1 saturated heterocycles. The van der Waals surface area contributed by atoms with E-state index in [1.165, 1.54) is 5.56 Å². The van der Waals surface area contributed by atoms with E-state index in [-0.39, 0.29) is 24.8 Å². The van der Waals surface area contributed by atoms with Crippen LogP contribution in [0.2, 0.25) is 0 Å². The van der Waals surface area contributed by atoms with E-state index in [4.69, 9.17) is 14.2 Å². The largest absolute Gasteiger partial charge is 0.454 e. The van der Waals surface area contributed by atoms with E-state index < -0.39 is 0 Å². The third-order valence-corrected chi connectivity index (χ3v) is 5.37. The number of amides is 1. The Morgan fingerprint density at radius 3 is 2.68 bits per heavy atom. The Morgan fingerprint density at radius 2 is 1.89 bits per heavy atom. The van der Waals surface area contributed by atoms with Crippen molar-refractivity contribution in [2.24, 2.45) is 0 Å². The van der Waals surface area contributed by atoms with Crippen molar-refractivity contribution in [2.45, 2.75) is 38.5 Å². The molecule has 28 heavy (non-hydrogen) atoms. The molecule has 2 aromatic rings. The molecule has 1 unspecified atom stereocenters. The zero-order chi connectivity index (χ0) is 19.3. The lowest BCUT2D eigenvalue weighted by Crippen LogP contribution is -2.47. The summed E-state index contributed by atoms with van der Waals surface area (Å²) in [5.74, 6) is 1.37. The molecule has 148 valence electrons. The first kappa shape index (κ1) is 18.8. The zero-order valence-electron chi connectivity index (χ0n) is 16.1. The van der Waals surface area contributed by atoms with Gasteiger partial charge in [0.05, 0.1) is 18.8 Å². The molecule has 6 nitrogen and oxygen atoms in total.